The van der Waals surface area contributed by atoms with Gasteiger partial charge in [-0.05, 0) is 30.3 Å². The Balaban J connectivity index is 2.47. The van der Waals surface area contributed by atoms with Crippen LogP contribution in [0, 0.1) is 0 Å². The summed E-state index contributed by atoms with van der Waals surface area (Å²) in [5.74, 6) is -1.40. The Bertz CT molecular complexity index is 1030. The molecule has 30 heavy (non-hydrogen) atoms. The van der Waals surface area contributed by atoms with Crippen LogP contribution in [0.5, 0.6) is 0 Å². The summed E-state index contributed by atoms with van der Waals surface area (Å²) in [5, 5.41) is 18.3. The van der Waals surface area contributed by atoms with Gasteiger partial charge in [-0.3, -0.25) is 4.31 Å². The monoisotopic (exact) mass is 457 g/mol. The lowest BCUT2D eigenvalue weighted by molar-refractivity contribution is -0.376. The predicted octanol–water partition coefficient (Wildman–Crippen LogP) is 3.52. The topological polar surface area (TPSA) is 94.9 Å². The van der Waals surface area contributed by atoms with Crippen LogP contribution in [0.3, 0.4) is 0 Å². The molecule has 0 bridgehead atoms. The molecule has 0 aliphatic carbocycles. The van der Waals surface area contributed by atoms with Gasteiger partial charge >= 0.3 is 18.3 Å². The molecular formula is C17H13F6NO5S. The van der Waals surface area contributed by atoms with Gasteiger partial charge in [0.15, 0.2) is 0 Å². The Morgan fingerprint density at radius 3 is 1.87 bits per heavy atom. The molecule has 2 rings (SSSR count). The van der Waals surface area contributed by atoms with Crippen molar-refractivity contribution in [3.63, 3.8) is 0 Å². The van der Waals surface area contributed by atoms with E-state index in [4.69, 9.17) is 5.11 Å². The van der Waals surface area contributed by atoms with Crippen molar-refractivity contribution in [2.45, 2.75) is 22.8 Å². The Morgan fingerprint density at radius 1 is 0.933 bits per heavy atom. The fraction of sp³-hybridized carbons (Fsp3) is 0.235. The summed E-state index contributed by atoms with van der Waals surface area (Å²) in [7, 11) is -3.42. The van der Waals surface area contributed by atoms with Crippen LogP contribution in [0.15, 0.2) is 53.4 Å². The average molecular weight is 457 g/mol. The number of carboxylic acids is 1. The number of anilines is 1. The summed E-state index contributed by atoms with van der Waals surface area (Å²) in [4.78, 5) is 10.5. The quantitative estimate of drug-likeness (QED) is 0.670. The van der Waals surface area contributed by atoms with E-state index in [2.05, 4.69) is 0 Å². The molecule has 0 aromatic heterocycles. The van der Waals surface area contributed by atoms with E-state index in [0.717, 1.165) is 31.3 Å². The number of aliphatic hydroxyl groups is 1. The van der Waals surface area contributed by atoms with Crippen LogP contribution in [0.4, 0.5) is 32.0 Å². The third-order valence-corrected chi connectivity index (χ3v) is 5.99. The molecule has 0 aliphatic rings. The zero-order valence-corrected chi connectivity index (χ0v) is 15.7. The summed E-state index contributed by atoms with van der Waals surface area (Å²) in [6, 6.07) is 6.09. The Labute approximate surface area is 166 Å². The molecule has 0 saturated carbocycles. The number of aromatic carboxylic acids is 1. The number of rotatable bonds is 5. The van der Waals surface area contributed by atoms with Crippen LogP contribution >= 0.6 is 0 Å². The second-order valence-corrected chi connectivity index (χ2v) is 8.03. The second-order valence-electron chi connectivity index (χ2n) is 6.06. The first kappa shape index (κ1) is 23.5. The zero-order valence-electron chi connectivity index (χ0n) is 14.9. The van der Waals surface area contributed by atoms with Gasteiger partial charge in [0, 0.05) is 12.6 Å². The number of alkyl halides is 6. The first-order valence-corrected chi connectivity index (χ1v) is 9.26. The van der Waals surface area contributed by atoms with Crippen LogP contribution in [0.2, 0.25) is 0 Å². The molecule has 0 saturated heterocycles. The molecule has 13 heteroatoms. The lowest BCUT2D eigenvalue weighted by Crippen LogP contribution is -2.53. The summed E-state index contributed by atoms with van der Waals surface area (Å²) >= 11 is 0. The lowest BCUT2D eigenvalue weighted by atomic mass is 9.92. The van der Waals surface area contributed by atoms with Gasteiger partial charge in [-0.2, -0.15) is 26.3 Å². The number of nitrogens with zero attached hydrogens (tertiary/aromatic N) is 1. The summed E-state index contributed by atoms with van der Waals surface area (Å²) in [6.45, 7) is 0. The molecule has 6 nitrogen and oxygen atoms in total. The van der Waals surface area contributed by atoms with Gasteiger partial charge in [0.05, 0.1) is 16.1 Å². The van der Waals surface area contributed by atoms with E-state index in [1.165, 1.54) is 0 Å². The lowest BCUT2D eigenvalue weighted by Gasteiger charge is -2.33. The van der Waals surface area contributed by atoms with Crippen molar-refractivity contribution in [3.8, 4) is 0 Å². The highest BCUT2D eigenvalue weighted by Gasteiger charge is 2.71. The first-order valence-electron chi connectivity index (χ1n) is 7.82. The summed E-state index contributed by atoms with van der Waals surface area (Å²) in [6.07, 6.45) is -12.2. The molecule has 0 unspecified atom stereocenters. The van der Waals surface area contributed by atoms with Crippen LogP contribution in [0.1, 0.15) is 15.9 Å². The largest absolute Gasteiger partial charge is 0.478 e. The Morgan fingerprint density at radius 2 is 1.43 bits per heavy atom. The molecule has 0 radical (unpaired) electrons. The highest BCUT2D eigenvalue weighted by atomic mass is 32.2. The number of sulfonamides is 1. The van der Waals surface area contributed by atoms with Gasteiger partial charge in [0.25, 0.3) is 15.6 Å². The van der Waals surface area contributed by atoms with Crippen LogP contribution in [-0.4, -0.2) is 44.0 Å². The molecule has 0 heterocycles. The molecule has 0 aliphatic heterocycles. The standard InChI is InChI=1S/C17H13F6NO5S/c1-24(30(28,29)13-4-2-3-10(9-13)14(25)26)12-7-5-11(6-8-12)15(27,16(18,19)20)17(21,22)23/h2-9,27H,1H3,(H,25,26). The molecular weight excluding hydrogens is 444 g/mol. The molecule has 2 N–H and O–H groups in total. The van der Waals surface area contributed by atoms with Crippen molar-refractivity contribution in [1.29, 1.82) is 0 Å². The summed E-state index contributed by atoms with van der Waals surface area (Å²) in [5.41, 5.74) is -7.37. The number of hydrogen-bond acceptors (Lipinski definition) is 4. The zero-order chi connectivity index (χ0) is 23.1. The fourth-order valence-electron chi connectivity index (χ4n) is 2.49. The van der Waals surface area contributed by atoms with Crippen molar-refractivity contribution in [2.24, 2.45) is 0 Å². The van der Waals surface area contributed by atoms with E-state index < -0.39 is 44.4 Å². The van der Waals surface area contributed by atoms with Gasteiger partial charge in [0.1, 0.15) is 0 Å². The molecule has 2 aromatic rings. The SMILES string of the molecule is CN(c1ccc(C(O)(C(F)(F)F)C(F)(F)F)cc1)S(=O)(=O)c1cccc(C(=O)O)c1. The van der Waals surface area contributed by atoms with E-state index >= 15 is 0 Å². The molecule has 0 spiro atoms. The first-order chi connectivity index (χ1) is 13.5. The molecule has 0 atom stereocenters. The van der Waals surface area contributed by atoms with Gasteiger partial charge in [0.2, 0.25) is 0 Å². The maximum atomic E-state index is 12.9. The van der Waals surface area contributed by atoms with Gasteiger partial charge < -0.3 is 10.2 Å². The van der Waals surface area contributed by atoms with Gasteiger partial charge in [-0.1, -0.05) is 18.2 Å². The summed E-state index contributed by atoms with van der Waals surface area (Å²) < 4.78 is 103. The van der Waals surface area contributed by atoms with Crippen LogP contribution in [-0.2, 0) is 15.6 Å². The number of halogens is 6. The van der Waals surface area contributed by atoms with Crippen molar-refractivity contribution in [1.82, 2.24) is 0 Å². The molecule has 0 amide bonds. The third-order valence-electron chi connectivity index (χ3n) is 4.21. The van der Waals surface area contributed by atoms with Crippen LogP contribution < -0.4 is 4.31 Å². The average Bonchev–Trinajstić information content (AvgIpc) is 2.65. The Hall–Kier alpha value is -2.80. The van der Waals surface area contributed by atoms with E-state index in [-0.39, 0.29) is 11.3 Å². The van der Waals surface area contributed by atoms with Crippen LogP contribution in [0.25, 0.3) is 0 Å². The molecule has 2 aromatic carbocycles. The van der Waals surface area contributed by atoms with E-state index in [1.807, 2.05) is 0 Å². The number of carbonyl (C=O) groups is 1. The van der Waals surface area contributed by atoms with Gasteiger partial charge in [-0.25, -0.2) is 13.2 Å². The van der Waals surface area contributed by atoms with E-state index in [1.54, 1.807) is 0 Å². The fourth-order valence-corrected chi connectivity index (χ4v) is 3.73. The molecule has 164 valence electrons. The highest BCUT2D eigenvalue weighted by molar-refractivity contribution is 7.92. The van der Waals surface area contributed by atoms with E-state index in [0.29, 0.717) is 28.6 Å². The second kappa shape index (κ2) is 7.47. The molecule has 0 fully saturated rings. The maximum Gasteiger partial charge on any atom is 0.430 e. The minimum Gasteiger partial charge on any atom is -0.478 e. The van der Waals surface area contributed by atoms with Crippen molar-refractivity contribution in [3.05, 3.63) is 59.7 Å². The Kier molecular flexibility index (Phi) is 5.84. The van der Waals surface area contributed by atoms with Crippen molar-refractivity contribution >= 4 is 21.7 Å². The predicted molar refractivity (Wildman–Crippen MR) is 91.4 cm³/mol. The number of hydrogen-bond donors (Lipinski definition) is 2. The number of carboxylic acid groups (broad SMARTS) is 1. The van der Waals surface area contributed by atoms with Crippen molar-refractivity contribution < 1.29 is 49.8 Å². The normalized spacial score (nSPS) is 13.2. The third kappa shape index (κ3) is 3.94. The van der Waals surface area contributed by atoms with Crippen molar-refractivity contribution in [2.75, 3.05) is 11.4 Å². The highest BCUT2D eigenvalue weighted by Crippen LogP contribution is 2.50. The minimum absolute atomic E-state index is 0.302. The smallest absolute Gasteiger partial charge is 0.430 e. The minimum atomic E-state index is -6.08. The van der Waals surface area contributed by atoms with Gasteiger partial charge in [-0.15, -0.1) is 0 Å². The number of benzene rings is 2. The maximum absolute atomic E-state index is 12.9. The van der Waals surface area contributed by atoms with E-state index in [9.17, 15) is 44.7 Å².